The molecule has 0 saturated carbocycles. The Morgan fingerprint density at radius 1 is 1.40 bits per heavy atom. The van der Waals surface area contributed by atoms with E-state index in [0.717, 1.165) is 30.9 Å². The van der Waals surface area contributed by atoms with Gasteiger partial charge in [0.15, 0.2) is 11.7 Å². The molecule has 0 saturated heterocycles. The summed E-state index contributed by atoms with van der Waals surface area (Å²) in [7, 11) is 1.85. The zero-order valence-electron chi connectivity index (χ0n) is 11.3. The third kappa shape index (κ3) is 3.79. The normalized spacial score (nSPS) is 11.8. The van der Waals surface area contributed by atoms with E-state index in [1.165, 1.54) is 0 Å². The fourth-order valence-corrected chi connectivity index (χ4v) is 1.78. The molecule has 1 aromatic heterocycles. The maximum Gasteiger partial charge on any atom is 0.170 e. The zero-order chi connectivity index (χ0) is 14.4. The minimum absolute atomic E-state index is 0.116. The summed E-state index contributed by atoms with van der Waals surface area (Å²) in [5.41, 5.74) is 7.34. The van der Waals surface area contributed by atoms with Crippen molar-refractivity contribution in [2.24, 2.45) is 17.9 Å². The molecular formula is C13H18N6O. The summed E-state index contributed by atoms with van der Waals surface area (Å²) in [6, 6.07) is 7.54. The third-order valence-corrected chi connectivity index (χ3v) is 2.86. The third-order valence-electron chi connectivity index (χ3n) is 2.86. The van der Waals surface area contributed by atoms with Gasteiger partial charge >= 0.3 is 0 Å². The number of nitrogens with one attached hydrogen (secondary N) is 1. The van der Waals surface area contributed by atoms with Crippen LogP contribution >= 0.6 is 0 Å². The average Bonchev–Trinajstić information content (AvgIpc) is 2.89. The fourth-order valence-electron chi connectivity index (χ4n) is 1.78. The number of rotatable bonds is 6. The van der Waals surface area contributed by atoms with Gasteiger partial charge in [0.2, 0.25) is 0 Å². The lowest BCUT2D eigenvalue weighted by Crippen LogP contribution is -2.18. The van der Waals surface area contributed by atoms with Crippen LogP contribution in [0, 0.1) is 0 Å². The molecule has 0 aliphatic heterocycles. The van der Waals surface area contributed by atoms with Gasteiger partial charge in [-0.1, -0.05) is 29.4 Å². The Hall–Kier alpha value is -2.41. The van der Waals surface area contributed by atoms with Gasteiger partial charge in [-0.25, -0.2) is 4.98 Å². The molecule has 0 aliphatic rings. The van der Waals surface area contributed by atoms with Crippen molar-refractivity contribution in [1.29, 1.82) is 0 Å². The van der Waals surface area contributed by atoms with E-state index in [1.807, 2.05) is 31.3 Å². The number of oxime groups is 1. The Bertz CT molecular complexity index is 575. The highest BCUT2D eigenvalue weighted by atomic mass is 16.4. The van der Waals surface area contributed by atoms with Crippen molar-refractivity contribution in [1.82, 2.24) is 20.1 Å². The second kappa shape index (κ2) is 6.67. The van der Waals surface area contributed by atoms with Gasteiger partial charge < -0.3 is 16.3 Å². The SMILES string of the molecule is Cn1cnc(CCNCc2ccc(/C(N)=N/O)cc2)n1. The highest BCUT2D eigenvalue weighted by Gasteiger charge is 2.00. The molecule has 1 heterocycles. The minimum atomic E-state index is 0.116. The molecule has 20 heavy (non-hydrogen) atoms. The lowest BCUT2D eigenvalue weighted by Gasteiger charge is -2.05. The van der Waals surface area contributed by atoms with E-state index in [4.69, 9.17) is 10.9 Å². The standard InChI is InChI=1S/C13H18N6O/c1-19-9-16-12(17-19)6-7-15-8-10-2-4-11(5-3-10)13(14)18-20/h2-5,9,15,20H,6-8H2,1H3,(H2,14,18). The van der Waals surface area contributed by atoms with Crippen LogP contribution in [0.25, 0.3) is 0 Å². The predicted octanol–water partition coefficient (Wildman–Crippen LogP) is 0.242. The molecule has 1 aromatic carbocycles. The van der Waals surface area contributed by atoms with Gasteiger partial charge in [-0.2, -0.15) is 5.10 Å². The van der Waals surface area contributed by atoms with Crippen LogP contribution in [-0.4, -0.2) is 32.4 Å². The Morgan fingerprint density at radius 3 is 2.75 bits per heavy atom. The molecule has 4 N–H and O–H groups in total. The first kappa shape index (κ1) is 14.0. The largest absolute Gasteiger partial charge is 0.409 e. The number of nitrogens with two attached hydrogens (primary N) is 1. The summed E-state index contributed by atoms with van der Waals surface area (Å²) >= 11 is 0. The van der Waals surface area contributed by atoms with Crippen LogP contribution in [0.4, 0.5) is 0 Å². The maximum atomic E-state index is 8.58. The minimum Gasteiger partial charge on any atom is -0.409 e. The van der Waals surface area contributed by atoms with Crippen LogP contribution in [0.1, 0.15) is 17.0 Å². The molecule has 0 spiro atoms. The fraction of sp³-hybridized carbons (Fsp3) is 0.308. The second-order valence-corrected chi connectivity index (χ2v) is 4.44. The van der Waals surface area contributed by atoms with Crippen molar-refractivity contribution in [2.75, 3.05) is 6.54 Å². The van der Waals surface area contributed by atoms with Gasteiger partial charge in [0, 0.05) is 32.1 Å². The average molecular weight is 274 g/mol. The number of amidine groups is 1. The van der Waals surface area contributed by atoms with Gasteiger partial charge in [-0.15, -0.1) is 0 Å². The van der Waals surface area contributed by atoms with Crippen LogP contribution in [0.2, 0.25) is 0 Å². The molecule has 7 heteroatoms. The molecule has 7 nitrogen and oxygen atoms in total. The molecule has 0 bridgehead atoms. The summed E-state index contributed by atoms with van der Waals surface area (Å²) in [6.07, 6.45) is 2.49. The van der Waals surface area contributed by atoms with E-state index in [9.17, 15) is 0 Å². The molecule has 0 radical (unpaired) electrons. The summed E-state index contributed by atoms with van der Waals surface area (Å²) in [5.74, 6) is 0.952. The summed E-state index contributed by atoms with van der Waals surface area (Å²) in [5, 5.41) is 19.1. The molecule has 0 fully saturated rings. The van der Waals surface area contributed by atoms with E-state index in [-0.39, 0.29) is 5.84 Å². The summed E-state index contributed by atoms with van der Waals surface area (Å²) < 4.78 is 1.70. The van der Waals surface area contributed by atoms with Crippen molar-refractivity contribution in [3.8, 4) is 0 Å². The molecule has 106 valence electrons. The van der Waals surface area contributed by atoms with Crippen molar-refractivity contribution in [3.05, 3.63) is 47.5 Å². The first-order valence-corrected chi connectivity index (χ1v) is 6.31. The second-order valence-electron chi connectivity index (χ2n) is 4.44. The topological polar surface area (TPSA) is 101 Å². The zero-order valence-corrected chi connectivity index (χ0v) is 11.3. The Morgan fingerprint density at radius 2 is 2.15 bits per heavy atom. The first-order valence-electron chi connectivity index (χ1n) is 6.31. The molecule has 2 aromatic rings. The van der Waals surface area contributed by atoms with E-state index < -0.39 is 0 Å². The number of aromatic nitrogens is 3. The van der Waals surface area contributed by atoms with E-state index in [2.05, 4.69) is 20.6 Å². The van der Waals surface area contributed by atoms with Gasteiger partial charge in [-0.05, 0) is 5.56 Å². The van der Waals surface area contributed by atoms with Crippen molar-refractivity contribution in [3.63, 3.8) is 0 Å². The number of aryl methyl sites for hydroxylation is 1. The van der Waals surface area contributed by atoms with Crippen molar-refractivity contribution in [2.45, 2.75) is 13.0 Å². The Kier molecular flexibility index (Phi) is 4.67. The van der Waals surface area contributed by atoms with Crippen LogP contribution in [0.15, 0.2) is 35.7 Å². The number of hydrogen-bond acceptors (Lipinski definition) is 5. The van der Waals surface area contributed by atoms with E-state index in [1.54, 1.807) is 11.0 Å². The Labute approximate surface area is 117 Å². The van der Waals surface area contributed by atoms with Crippen LogP contribution in [0.3, 0.4) is 0 Å². The predicted molar refractivity (Wildman–Crippen MR) is 75.4 cm³/mol. The summed E-state index contributed by atoms with van der Waals surface area (Å²) in [6.45, 7) is 1.56. The number of nitrogens with zero attached hydrogens (tertiary/aromatic N) is 4. The van der Waals surface area contributed by atoms with Crippen LogP contribution < -0.4 is 11.1 Å². The number of hydrogen-bond donors (Lipinski definition) is 3. The summed E-state index contributed by atoms with van der Waals surface area (Å²) in [4.78, 5) is 4.16. The lowest BCUT2D eigenvalue weighted by atomic mass is 10.1. The Balaban J connectivity index is 1.77. The highest BCUT2D eigenvalue weighted by Crippen LogP contribution is 2.04. The highest BCUT2D eigenvalue weighted by molar-refractivity contribution is 5.96. The lowest BCUT2D eigenvalue weighted by molar-refractivity contribution is 0.318. The van der Waals surface area contributed by atoms with E-state index >= 15 is 0 Å². The first-order chi connectivity index (χ1) is 9.69. The van der Waals surface area contributed by atoms with Crippen molar-refractivity contribution < 1.29 is 5.21 Å². The molecular weight excluding hydrogens is 256 g/mol. The molecule has 0 amide bonds. The molecule has 0 aliphatic carbocycles. The number of benzene rings is 1. The van der Waals surface area contributed by atoms with Gasteiger partial charge in [0.05, 0.1) is 0 Å². The quantitative estimate of drug-likeness (QED) is 0.230. The van der Waals surface area contributed by atoms with Gasteiger partial charge in [-0.3, -0.25) is 4.68 Å². The van der Waals surface area contributed by atoms with Crippen molar-refractivity contribution >= 4 is 5.84 Å². The van der Waals surface area contributed by atoms with Gasteiger partial charge in [0.1, 0.15) is 6.33 Å². The molecule has 0 unspecified atom stereocenters. The molecule has 2 rings (SSSR count). The van der Waals surface area contributed by atoms with E-state index in [0.29, 0.717) is 5.56 Å². The molecule has 0 atom stereocenters. The monoisotopic (exact) mass is 274 g/mol. The van der Waals surface area contributed by atoms with Gasteiger partial charge in [0.25, 0.3) is 0 Å². The maximum absolute atomic E-state index is 8.58. The van der Waals surface area contributed by atoms with Crippen LogP contribution in [-0.2, 0) is 20.0 Å². The van der Waals surface area contributed by atoms with Crippen LogP contribution in [0.5, 0.6) is 0 Å². The smallest absolute Gasteiger partial charge is 0.170 e.